The lowest BCUT2D eigenvalue weighted by molar-refractivity contribution is 0.0910. The van der Waals surface area contributed by atoms with Crippen LogP contribution in [0.5, 0.6) is 0 Å². The topological polar surface area (TPSA) is 96.7 Å². The van der Waals surface area contributed by atoms with Gasteiger partial charge in [0.1, 0.15) is 6.04 Å². The largest absolute Gasteiger partial charge is 0.339 e. The minimum atomic E-state index is -0.340. The second-order valence-electron chi connectivity index (χ2n) is 6.58. The van der Waals surface area contributed by atoms with E-state index in [2.05, 4.69) is 25.7 Å². The molecule has 0 saturated heterocycles. The van der Waals surface area contributed by atoms with Gasteiger partial charge in [0.05, 0.1) is 5.52 Å². The zero-order valence-electron chi connectivity index (χ0n) is 13.6. The molecular formula is C17H19N5O2. The Kier molecular flexibility index (Phi) is 3.55. The Balaban J connectivity index is 1.59. The molecule has 2 aromatic heterocycles. The lowest BCUT2D eigenvalue weighted by Crippen LogP contribution is -2.32. The molecule has 1 aliphatic rings. The van der Waals surface area contributed by atoms with Crippen LogP contribution in [-0.2, 0) is 0 Å². The van der Waals surface area contributed by atoms with E-state index in [1.807, 2.05) is 38.1 Å². The number of aromatic nitrogens is 4. The number of amides is 1. The van der Waals surface area contributed by atoms with Crippen LogP contribution in [0, 0.1) is 5.92 Å². The summed E-state index contributed by atoms with van der Waals surface area (Å²) in [5, 5.41) is 14.8. The predicted molar refractivity (Wildman–Crippen MR) is 87.4 cm³/mol. The minimum absolute atomic E-state index is 0.117. The number of hydrogen-bond donors (Lipinski definition) is 2. The number of fused-ring (bicyclic) bond motifs is 1. The maximum absolute atomic E-state index is 12.7. The van der Waals surface area contributed by atoms with Crippen molar-refractivity contribution in [2.24, 2.45) is 5.92 Å². The quantitative estimate of drug-likeness (QED) is 0.751. The lowest BCUT2D eigenvalue weighted by atomic mass is 10.0. The summed E-state index contributed by atoms with van der Waals surface area (Å²) in [4.78, 5) is 17.1. The Hall–Kier alpha value is -2.70. The molecule has 24 heavy (non-hydrogen) atoms. The van der Waals surface area contributed by atoms with Crippen molar-refractivity contribution in [3.05, 3.63) is 41.7 Å². The van der Waals surface area contributed by atoms with Gasteiger partial charge in [-0.2, -0.15) is 10.1 Å². The first kappa shape index (κ1) is 14.9. The summed E-state index contributed by atoms with van der Waals surface area (Å²) in [6, 6.07) is 7.20. The molecule has 0 radical (unpaired) electrons. The van der Waals surface area contributed by atoms with Gasteiger partial charge in [-0.15, -0.1) is 0 Å². The van der Waals surface area contributed by atoms with Gasteiger partial charge in [0.2, 0.25) is 5.89 Å². The van der Waals surface area contributed by atoms with Crippen molar-refractivity contribution in [3.63, 3.8) is 0 Å². The van der Waals surface area contributed by atoms with Crippen LogP contribution in [0.25, 0.3) is 10.9 Å². The van der Waals surface area contributed by atoms with Crippen LogP contribution in [0.4, 0.5) is 0 Å². The number of nitrogens with zero attached hydrogens (tertiary/aromatic N) is 3. The molecule has 1 atom stereocenters. The Morgan fingerprint density at radius 3 is 2.88 bits per heavy atom. The number of carbonyl (C=O) groups is 1. The van der Waals surface area contributed by atoms with E-state index >= 15 is 0 Å². The van der Waals surface area contributed by atoms with E-state index in [1.54, 1.807) is 0 Å². The van der Waals surface area contributed by atoms with Crippen molar-refractivity contribution in [1.82, 2.24) is 25.7 Å². The molecule has 7 nitrogen and oxygen atoms in total. The smallest absolute Gasteiger partial charge is 0.273 e. The Morgan fingerprint density at radius 2 is 2.12 bits per heavy atom. The van der Waals surface area contributed by atoms with E-state index in [-0.39, 0.29) is 17.9 Å². The number of H-pyrrole nitrogens is 1. The second-order valence-corrected chi connectivity index (χ2v) is 6.58. The third-order valence-corrected chi connectivity index (χ3v) is 4.30. The highest BCUT2D eigenvalue weighted by Crippen LogP contribution is 2.38. The van der Waals surface area contributed by atoms with Gasteiger partial charge in [0.25, 0.3) is 5.91 Å². The molecule has 1 amide bonds. The molecule has 1 saturated carbocycles. The Bertz CT molecular complexity index is 878. The summed E-state index contributed by atoms with van der Waals surface area (Å²) < 4.78 is 5.39. The fourth-order valence-corrected chi connectivity index (χ4v) is 2.74. The number of hydrogen-bond acceptors (Lipinski definition) is 5. The maximum Gasteiger partial charge on any atom is 0.273 e. The van der Waals surface area contributed by atoms with Crippen LogP contribution in [0.2, 0.25) is 0 Å². The van der Waals surface area contributed by atoms with Crippen LogP contribution >= 0.6 is 0 Å². The van der Waals surface area contributed by atoms with E-state index in [0.717, 1.165) is 29.6 Å². The predicted octanol–water partition coefficient (Wildman–Crippen LogP) is 2.95. The molecule has 7 heteroatoms. The molecular weight excluding hydrogens is 306 g/mol. The standard InChI is InChI=1S/C17H19N5O2/c1-9(2)13(17-19-15(22-24-17)10-7-8-10)18-16(23)14-11-5-3-4-6-12(11)20-21-14/h3-6,9-10,13H,7-8H2,1-2H3,(H,18,23)(H,20,21)/t13-/m0/s1. The normalized spacial score (nSPS) is 15.8. The average Bonchev–Trinajstić information content (AvgIpc) is 3.16. The molecule has 124 valence electrons. The van der Waals surface area contributed by atoms with Gasteiger partial charge >= 0.3 is 0 Å². The van der Waals surface area contributed by atoms with Crippen LogP contribution in [0.1, 0.15) is 60.9 Å². The second kappa shape index (κ2) is 5.74. The molecule has 0 bridgehead atoms. The van der Waals surface area contributed by atoms with Gasteiger partial charge in [0, 0.05) is 11.3 Å². The zero-order valence-corrected chi connectivity index (χ0v) is 13.6. The first-order valence-corrected chi connectivity index (χ1v) is 8.21. The summed E-state index contributed by atoms with van der Waals surface area (Å²) in [6.07, 6.45) is 2.22. The van der Waals surface area contributed by atoms with Crippen LogP contribution in [0.15, 0.2) is 28.8 Å². The van der Waals surface area contributed by atoms with E-state index < -0.39 is 0 Å². The van der Waals surface area contributed by atoms with E-state index in [1.165, 1.54) is 0 Å². The van der Waals surface area contributed by atoms with Gasteiger partial charge in [0.15, 0.2) is 11.5 Å². The van der Waals surface area contributed by atoms with Gasteiger partial charge < -0.3 is 9.84 Å². The summed E-state index contributed by atoms with van der Waals surface area (Å²) in [5.74, 6) is 1.49. The fraction of sp³-hybridized carbons (Fsp3) is 0.412. The maximum atomic E-state index is 12.7. The highest BCUT2D eigenvalue weighted by Gasteiger charge is 2.32. The van der Waals surface area contributed by atoms with Crippen molar-refractivity contribution >= 4 is 16.8 Å². The number of rotatable bonds is 5. The van der Waals surface area contributed by atoms with E-state index in [4.69, 9.17) is 4.52 Å². The summed E-state index contributed by atoms with van der Waals surface area (Å²) in [6.45, 7) is 4.02. The number of para-hydroxylation sites is 1. The van der Waals surface area contributed by atoms with E-state index in [0.29, 0.717) is 17.5 Å². The lowest BCUT2D eigenvalue weighted by Gasteiger charge is -2.17. The zero-order chi connectivity index (χ0) is 16.7. The van der Waals surface area contributed by atoms with Gasteiger partial charge in [-0.25, -0.2) is 0 Å². The fourth-order valence-electron chi connectivity index (χ4n) is 2.74. The van der Waals surface area contributed by atoms with Crippen LogP contribution < -0.4 is 5.32 Å². The van der Waals surface area contributed by atoms with Crippen molar-refractivity contribution in [2.75, 3.05) is 0 Å². The molecule has 4 rings (SSSR count). The first-order valence-electron chi connectivity index (χ1n) is 8.21. The first-order chi connectivity index (χ1) is 11.6. The Labute approximate surface area is 138 Å². The van der Waals surface area contributed by atoms with Crippen molar-refractivity contribution in [1.29, 1.82) is 0 Å². The Morgan fingerprint density at radius 1 is 1.33 bits per heavy atom. The highest BCUT2D eigenvalue weighted by atomic mass is 16.5. The minimum Gasteiger partial charge on any atom is -0.339 e. The summed E-state index contributed by atoms with van der Waals surface area (Å²) >= 11 is 0. The summed E-state index contributed by atoms with van der Waals surface area (Å²) in [5.41, 5.74) is 1.20. The number of nitrogens with one attached hydrogen (secondary N) is 2. The van der Waals surface area contributed by atoms with Crippen LogP contribution in [-0.4, -0.2) is 26.2 Å². The van der Waals surface area contributed by atoms with Crippen molar-refractivity contribution in [3.8, 4) is 0 Å². The van der Waals surface area contributed by atoms with Crippen LogP contribution in [0.3, 0.4) is 0 Å². The third-order valence-electron chi connectivity index (χ3n) is 4.30. The molecule has 0 spiro atoms. The molecule has 1 aromatic carbocycles. The summed E-state index contributed by atoms with van der Waals surface area (Å²) in [7, 11) is 0. The molecule has 3 aromatic rings. The third kappa shape index (κ3) is 2.66. The number of benzene rings is 1. The monoisotopic (exact) mass is 325 g/mol. The SMILES string of the molecule is CC(C)[C@H](NC(=O)c1n[nH]c2ccccc12)c1nc(C2CC2)no1. The van der Waals surface area contributed by atoms with Gasteiger partial charge in [-0.3, -0.25) is 9.89 Å². The number of carbonyl (C=O) groups excluding carboxylic acids is 1. The average molecular weight is 325 g/mol. The molecule has 0 aliphatic heterocycles. The van der Waals surface area contributed by atoms with Crippen molar-refractivity contribution < 1.29 is 9.32 Å². The van der Waals surface area contributed by atoms with E-state index in [9.17, 15) is 4.79 Å². The van der Waals surface area contributed by atoms with Gasteiger partial charge in [-0.1, -0.05) is 37.2 Å². The highest BCUT2D eigenvalue weighted by molar-refractivity contribution is 6.04. The van der Waals surface area contributed by atoms with Gasteiger partial charge in [-0.05, 0) is 24.8 Å². The molecule has 1 aliphatic carbocycles. The number of aromatic amines is 1. The molecule has 2 heterocycles. The molecule has 1 fully saturated rings. The van der Waals surface area contributed by atoms with Crippen molar-refractivity contribution in [2.45, 2.75) is 38.6 Å². The molecule has 2 N–H and O–H groups in total. The molecule has 0 unspecified atom stereocenters.